The highest BCUT2D eigenvalue weighted by Crippen LogP contribution is 2.29. The molecule has 0 bridgehead atoms. The Morgan fingerprint density at radius 2 is 1.95 bits per heavy atom. The standard InChI is InChI=1S/C16H19NO2/c1-3-11(4-2)16-14-7-5-6-12(10-15(18)19)13(14)8-9-17-16/h5-9,11H,3-4,10H2,1-2H3,(H,18,19). The van der Waals surface area contributed by atoms with Crippen molar-refractivity contribution in [3.63, 3.8) is 0 Å². The molecule has 0 atom stereocenters. The first-order valence-electron chi connectivity index (χ1n) is 6.75. The second-order valence-corrected chi connectivity index (χ2v) is 4.79. The number of hydrogen-bond acceptors (Lipinski definition) is 2. The van der Waals surface area contributed by atoms with Crippen LogP contribution in [0.3, 0.4) is 0 Å². The molecule has 0 spiro atoms. The van der Waals surface area contributed by atoms with Crippen LogP contribution in [0.1, 0.15) is 43.9 Å². The third-order valence-electron chi connectivity index (χ3n) is 3.64. The molecular weight excluding hydrogens is 238 g/mol. The summed E-state index contributed by atoms with van der Waals surface area (Å²) < 4.78 is 0. The van der Waals surface area contributed by atoms with Crippen LogP contribution in [-0.2, 0) is 11.2 Å². The number of fused-ring (bicyclic) bond motifs is 1. The lowest BCUT2D eigenvalue weighted by Crippen LogP contribution is -2.03. The van der Waals surface area contributed by atoms with Gasteiger partial charge in [0.2, 0.25) is 0 Å². The van der Waals surface area contributed by atoms with Crippen molar-refractivity contribution in [1.82, 2.24) is 4.98 Å². The van der Waals surface area contributed by atoms with Crippen molar-refractivity contribution in [3.05, 3.63) is 41.7 Å². The predicted octanol–water partition coefficient (Wildman–Crippen LogP) is 3.77. The molecule has 1 heterocycles. The van der Waals surface area contributed by atoms with Gasteiger partial charge in [0.1, 0.15) is 0 Å². The lowest BCUT2D eigenvalue weighted by molar-refractivity contribution is -0.136. The highest BCUT2D eigenvalue weighted by atomic mass is 16.4. The zero-order valence-electron chi connectivity index (χ0n) is 11.4. The number of benzene rings is 1. The van der Waals surface area contributed by atoms with Gasteiger partial charge in [-0.15, -0.1) is 0 Å². The van der Waals surface area contributed by atoms with Crippen LogP contribution in [0.4, 0.5) is 0 Å². The maximum absolute atomic E-state index is 10.9. The Hall–Kier alpha value is -1.90. The van der Waals surface area contributed by atoms with E-state index in [2.05, 4.69) is 18.8 Å². The van der Waals surface area contributed by atoms with Gasteiger partial charge >= 0.3 is 5.97 Å². The lowest BCUT2D eigenvalue weighted by atomic mass is 9.92. The van der Waals surface area contributed by atoms with E-state index in [9.17, 15) is 4.79 Å². The molecule has 0 aliphatic carbocycles. The predicted molar refractivity (Wildman–Crippen MR) is 76.4 cm³/mol. The molecule has 0 radical (unpaired) electrons. The molecule has 2 rings (SSSR count). The van der Waals surface area contributed by atoms with Crippen molar-refractivity contribution < 1.29 is 9.90 Å². The zero-order chi connectivity index (χ0) is 13.8. The average Bonchev–Trinajstić information content (AvgIpc) is 2.40. The van der Waals surface area contributed by atoms with Crippen molar-refractivity contribution >= 4 is 16.7 Å². The molecule has 3 heteroatoms. The van der Waals surface area contributed by atoms with E-state index in [1.54, 1.807) is 6.20 Å². The number of aromatic nitrogens is 1. The van der Waals surface area contributed by atoms with E-state index >= 15 is 0 Å². The van der Waals surface area contributed by atoms with Crippen molar-refractivity contribution in [3.8, 4) is 0 Å². The monoisotopic (exact) mass is 257 g/mol. The molecule has 1 aromatic heterocycles. The van der Waals surface area contributed by atoms with Crippen LogP contribution in [0.5, 0.6) is 0 Å². The lowest BCUT2D eigenvalue weighted by Gasteiger charge is -2.15. The second kappa shape index (κ2) is 5.83. The molecule has 0 saturated carbocycles. The maximum atomic E-state index is 10.9. The van der Waals surface area contributed by atoms with Crippen LogP contribution in [-0.4, -0.2) is 16.1 Å². The van der Waals surface area contributed by atoms with Crippen LogP contribution in [0.15, 0.2) is 30.5 Å². The average molecular weight is 257 g/mol. The van der Waals surface area contributed by atoms with Gasteiger partial charge in [0.15, 0.2) is 0 Å². The van der Waals surface area contributed by atoms with Gasteiger partial charge in [0.05, 0.1) is 12.1 Å². The number of carbonyl (C=O) groups is 1. The van der Waals surface area contributed by atoms with E-state index in [0.717, 1.165) is 34.9 Å². The van der Waals surface area contributed by atoms with Gasteiger partial charge in [0, 0.05) is 17.5 Å². The summed E-state index contributed by atoms with van der Waals surface area (Å²) in [4.78, 5) is 15.4. The summed E-state index contributed by atoms with van der Waals surface area (Å²) in [5.74, 6) is -0.364. The first kappa shape index (κ1) is 13.5. The normalized spacial score (nSPS) is 11.1. The molecule has 0 amide bonds. The van der Waals surface area contributed by atoms with Gasteiger partial charge in [-0.3, -0.25) is 9.78 Å². The van der Waals surface area contributed by atoms with Crippen molar-refractivity contribution in [2.75, 3.05) is 0 Å². The largest absolute Gasteiger partial charge is 0.481 e. The fourth-order valence-electron chi connectivity index (χ4n) is 2.61. The number of aliphatic carboxylic acids is 1. The minimum Gasteiger partial charge on any atom is -0.481 e. The summed E-state index contributed by atoms with van der Waals surface area (Å²) in [6.45, 7) is 4.32. The Balaban J connectivity index is 2.60. The fraction of sp³-hybridized carbons (Fsp3) is 0.375. The Labute approximate surface area is 113 Å². The summed E-state index contributed by atoms with van der Waals surface area (Å²) in [6.07, 6.45) is 3.95. The first-order chi connectivity index (χ1) is 9.17. The van der Waals surface area contributed by atoms with Gasteiger partial charge in [-0.1, -0.05) is 32.0 Å². The minimum absolute atomic E-state index is 0.0592. The molecule has 1 N–H and O–H groups in total. The van der Waals surface area contributed by atoms with Crippen LogP contribution in [0.2, 0.25) is 0 Å². The number of nitrogens with zero attached hydrogens (tertiary/aromatic N) is 1. The molecule has 100 valence electrons. The highest BCUT2D eigenvalue weighted by Gasteiger charge is 2.14. The van der Waals surface area contributed by atoms with Gasteiger partial charge in [-0.2, -0.15) is 0 Å². The maximum Gasteiger partial charge on any atom is 0.307 e. The molecule has 0 saturated heterocycles. The Morgan fingerprint density at radius 3 is 2.58 bits per heavy atom. The quantitative estimate of drug-likeness (QED) is 0.887. The van der Waals surface area contributed by atoms with Crippen LogP contribution < -0.4 is 0 Å². The smallest absolute Gasteiger partial charge is 0.307 e. The molecule has 0 aliphatic rings. The van der Waals surface area contributed by atoms with Crippen LogP contribution in [0, 0.1) is 0 Å². The van der Waals surface area contributed by atoms with Gasteiger partial charge in [-0.25, -0.2) is 0 Å². The molecule has 3 nitrogen and oxygen atoms in total. The van der Waals surface area contributed by atoms with E-state index in [-0.39, 0.29) is 6.42 Å². The van der Waals surface area contributed by atoms with Gasteiger partial charge in [0.25, 0.3) is 0 Å². The topological polar surface area (TPSA) is 50.2 Å². The van der Waals surface area contributed by atoms with Gasteiger partial charge < -0.3 is 5.11 Å². The Kier molecular flexibility index (Phi) is 4.15. The van der Waals surface area contributed by atoms with E-state index in [4.69, 9.17) is 5.11 Å². The zero-order valence-corrected chi connectivity index (χ0v) is 11.4. The molecular formula is C16H19NO2. The summed E-state index contributed by atoms with van der Waals surface area (Å²) >= 11 is 0. The number of carboxylic acids is 1. The van der Waals surface area contributed by atoms with E-state index in [0.29, 0.717) is 5.92 Å². The third kappa shape index (κ3) is 2.75. The second-order valence-electron chi connectivity index (χ2n) is 4.79. The summed E-state index contributed by atoms with van der Waals surface area (Å²) in [7, 11) is 0. The fourth-order valence-corrected chi connectivity index (χ4v) is 2.61. The number of carboxylic acid groups (broad SMARTS) is 1. The first-order valence-corrected chi connectivity index (χ1v) is 6.75. The summed E-state index contributed by atoms with van der Waals surface area (Å²) in [5, 5.41) is 11.1. The molecule has 0 fully saturated rings. The Bertz CT molecular complexity index is 588. The number of hydrogen-bond donors (Lipinski definition) is 1. The molecule has 1 aromatic carbocycles. The molecule has 19 heavy (non-hydrogen) atoms. The summed E-state index contributed by atoms with van der Waals surface area (Å²) in [5.41, 5.74) is 1.95. The van der Waals surface area contributed by atoms with Crippen molar-refractivity contribution in [2.45, 2.75) is 39.0 Å². The molecule has 0 aliphatic heterocycles. The molecule has 2 aromatic rings. The van der Waals surface area contributed by atoms with Gasteiger partial charge in [-0.05, 0) is 29.9 Å². The Morgan fingerprint density at radius 1 is 1.21 bits per heavy atom. The SMILES string of the molecule is CCC(CC)c1nccc2c(CC(=O)O)cccc12. The summed E-state index contributed by atoms with van der Waals surface area (Å²) in [6, 6.07) is 7.77. The van der Waals surface area contributed by atoms with E-state index < -0.39 is 5.97 Å². The minimum atomic E-state index is -0.798. The molecule has 0 unspecified atom stereocenters. The van der Waals surface area contributed by atoms with E-state index in [1.807, 2.05) is 24.3 Å². The number of pyridine rings is 1. The van der Waals surface area contributed by atoms with E-state index in [1.165, 1.54) is 0 Å². The third-order valence-corrected chi connectivity index (χ3v) is 3.64. The van der Waals surface area contributed by atoms with Crippen molar-refractivity contribution in [2.24, 2.45) is 0 Å². The van der Waals surface area contributed by atoms with Crippen LogP contribution in [0.25, 0.3) is 10.8 Å². The van der Waals surface area contributed by atoms with Crippen molar-refractivity contribution in [1.29, 1.82) is 0 Å². The van der Waals surface area contributed by atoms with Crippen LogP contribution >= 0.6 is 0 Å². The highest BCUT2D eigenvalue weighted by molar-refractivity contribution is 5.90. The number of rotatable bonds is 5.